The SMILES string of the molecule is CCCCCCNCCc1ccc(O)c(O)c1CCc1cccc(O)c1. The quantitative estimate of drug-likeness (QED) is 0.357. The van der Waals surface area contributed by atoms with E-state index in [1.807, 2.05) is 18.2 Å². The van der Waals surface area contributed by atoms with Crippen LogP contribution in [0.2, 0.25) is 0 Å². The summed E-state index contributed by atoms with van der Waals surface area (Å²) in [5.41, 5.74) is 2.86. The monoisotopic (exact) mass is 357 g/mol. The molecule has 0 fully saturated rings. The molecule has 4 heteroatoms. The van der Waals surface area contributed by atoms with Gasteiger partial charge in [0.1, 0.15) is 5.75 Å². The molecule has 0 amide bonds. The smallest absolute Gasteiger partial charge is 0.160 e. The molecule has 0 heterocycles. The van der Waals surface area contributed by atoms with Gasteiger partial charge in [0.15, 0.2) is 11.5 Å². The third kappa shape index (κ3) is 6.26. The van der Waals surface area contributed by atoms with Crippen molar-refractivity contribution in [3.63, 3.8) is 0 Å². The zero-order chi connectivity index (χ0) is 18.8. The van der Waals surface area contributed by atoms with E-state index >= 15 is 0 Å². The molecule has 0 aromatic heterocycles. The second-order valence-electron chi connectivity index (χ2n) is 6.80. The molecule has 0 saturated carbocycles. The van der Waals surface area contributed by atoms with Gasteiger partial charge in [0, 0.05) is 5.56 Å². The van der Waals surface area contributed by atoms with Crippen LogP contribution in [-0.4, -0.2) is 28.4 Å². The number of aryl methyl sites for hydroxylation is 1. The summed E-state index contributed by atoms with van der Waals surface area (Å²) >= 11 is 0. The first-order valence-corrected chi connectivity index (χ1v) is 9.63. The van der Waals surface area contributed by atoms with Gasteiger partial charge in [-0.1, -0.05) is 44.4 Å². The molecule has 0 bridgehead atoms. The predicted octanol–water partition coefficient (Wildman–Crippen LogP) is 4.30. The van der Waals surface area contributed by atoms with E-state index in [9.17, 15) is 15.3 Å². The highest BCUT2D eigenvalue weighted by Gasteiger charge is 2.12. The van der Waals surface area contributed by atoms with E-state index in [0.717, 1.165) is 36.2 Å². The third-order valence-corrected chi connectivity index (χ3v) is 4.71. The van der Waals surface area contributed by atoms with Crippen LogP contribution in [0.25, 0.3) is 0 Å². The zero-order valence-electron chi connectivity index (χ0n) is 15.7. The Balaban J connectivity index is 1.93. The molecule has 0 radical (unpaired) electrons. The summed E-state index contributed by atoms with van der Waals surface area (Å²) in [5.74, 6) is 0.146. The van der Waals surface area contributed by atoms with Gasteiger partial charge < -0.3 is 20.6 Å². The van der Waals surface area contributed by atoms with E-state index in [-0.39, 0.29) is 17.2 Å². The highest BCUT2D eigenvalue weighted by atomic mass is 16.3. The van der Waals surface area contributed by atoms with Crippen LogP contribution >= 0.6 is 0 Å². The number of nitrogens with one attached hydrogen (secondary N) is 1. The van der Waals surface area contributed by atoms with Crippen molar-refractivity contribution in [2.75, 3.05) is 13.1 Å². The van der Waals surface area contributed by atoms with Crippen LogP contribution in [0.15, 0.2) is 36.4 Å². The van der Waals surface area contributed by atoms with Crippen molar-refractivity contribution in [2.45, 2.75) is 51.9 Å². The maximum atomic E-state index is 10.3. The molecule has 0 aliphatic carbocycles. The number of hydrogen-bond acceptors (Lipinski definition) is 4. The number of phenolic OH excluding ortho intramolecular Hbond substituents is 3. The Morgan fingerprint density at radius 2 is 1.69 bits per heavy atom. The fourth-order valence-electron chi connectivity index (χ4n) is 3.19. The summed E-state index contributed by atoms with van der Waals surface area (Å²) in [7, 11) is 0. The van der Waals surface area contributed by atoms with Crippen molar-refractivity contribution in [3.05, 3.63) is 53.1 Å². The van der Waals surface area contributed by atoms with Gasteiger partial charge in [-0.3, -0.25) is 0 Å². The Labute approximate surface area is 156 Å². The average Bonchev–Trinajstić information content (AvgIpc) is 2.63. The van der Waals surface area contributed by atoms with Crippen molar-refractivity contribution < 1.29 is 15.3 Å². The lowest BCUT2D eigenvalue weighted by molar-refractivity contribution is 0.398. The van der Waals surface area contributed by atoms with Gasteiger partial charge in [-0.05, 0) is 68.1 Å². The fraction of sp³-hybridized carbons (Fsp3) is 0.455. The molecule has 2 rings (SSSR count). The van der Waals surface area contributed by atoms with Crippen LogP contribution in [0, 0.1) is 0 Å². The first-order chi connectivity index (χ1) is 12.6. The maximum Gasteiger partial charge on any atom is 0.160 e. The Kier molecular flexibility index (Phi) is 8.29. The Morgan fingerprint density at radius 3 is 2.46 bits per heavy atom. The summed E-state index contributed by atoms with van der Waals surface area (Å²) in [6, 6.07) is 10.6. The minimum absolute atomic E-state index is 0.0226. The van der Waals surface area contributed by atoms with Crippen LogP contribution in [0.3, 0.4) is 0 Å². The lowest BCUT2D eigenvalue weighted by Gasteiger charge is -2.14. The first kappa shape index (κ1) is 20.1. The Bertz CT molecular complexity index is 685. The third-order valence-electron chi connectivity index (χ3n) is 4.71. The zero-order valence-corrected chi connectivity index (χ0v) is 15.7. The number of benzene rings is 2. The number of hydrogen-bond donors (Lipinski definition) is 4. The predicted molar refractivity (Wildman–Crippen MR) is 106 cm³/mol. The molecule has 0 saturated heterocycles. The molecular formula is C22H31NO3. The summed E-state index contributed by atoms with van der Waals surface area (Å²) in [4.78, 5) is 0. The van der Waals surface area contributed by atoms with Crippen molar-refractivity contribution in [2.24, 2.45) is 0 Å². The number of phenols is 3. The molecule has 0 spiro atoms. The normalized spacial score (nSPS) is 11.0. The fourth-order valence-corrected chi connectivity index (χ4v) is 3.19. The van der Waals surface area contributed by atoms with Gasteiger partial charge in [-0.25, -0.2) is 0 Å². The molecule has 0 unspecified atom stereocenters. The number of aromatic hydroxyl groups is 3. The van der Waals surface area contributed by atoms with Crippen molar-refractivity contribution in [1.29, 1.82) is 0 Å². The van der Waals surface area contributed by atoms with E-state index in [0.29, 0.717) is 12.8 Å². The average molecular weight is 357 g/mol. The molecule has 0 atom stereocenters. The van der Waals surface area contributed by atoms with Crippen LogP contribution in [0.4, 0.5) is 0 Å². The molecule has 0 aliphatic heterocycles. The topological polar surface area (TPSA) is 72.7 Å². The molecule has 0 aliphatic rings. The molecule has 4 N–H and O–H groups in total. The molecular weight excluding hydrogens is 326 g/mol. The molecule has 4 nitrogen and oxygen atoms in total. The highest BCUT2D eigenvalue weighted by molar-refractivity contribution is 5.49. The van der Waals surface area contributed by atoms with E-state index in [1.165, 1.54) is 25.7 Å². The van der Waals surface area contributed by atoms with Gasteiger partial charge in [0.25, 0.3) is 0 Å². The molecule has 2 aromatic rings. The summed E-state index contributed by atoms with van der Waals surface area (Å²) in [5, 5.41) is 33.2. The van der Waals surface area contributed by atoms with Gasteiger partial charge >= 0.3 is 0 Å². The molecule has 2 aromatic carbocycles. The van der Waals surface area contributed by atoms with E-state index in [1.54, 1.807) is 18.2 Å². The van der Waals surface area contributed by atoms with E-state index < -0.39 is 0 Å². The van der Waals surface area contributed by atoms with E-state index in [4.69, 9.17) is 0 Å². The highest BCUT2D eigenvalue weighted by Crippen LogP contribution is 2.32. The largest absolute Gasteiger partial charge is 0.508 e. The Hall–Kier alpha value is -2.20. The summed E-state index contributed by atoms with van der Waals surface area (Å²) < 4.78 is 0. The standard InChI is InChI=1S/C22H31NO3/c1-2-3-4-5-14-23-15-13-18-10-12-21(25)22(26)20(18)11-9-17-7-6-8-19(24)16-17/h6-8,10,12,16,23-26H,2-5,9,11,13-15H2,1H3. The van der Waals surface area contributed by atoms with Gasteiger partial charge in [-0.15, -0.1) is 0 Å². The van der Waals surface area contributed by atoms with Crippen LogP contribution in [0.1, 0.15) is 49.3 Å². The second-order valence-corrected chi connectivity index (χ2v) is 6.80. The van der Waals surface area contributed by atoms with Crippen LogP contribution in [-0.2, 0) is 19.3 Å². The summed E-state index contributed by atoms with van der Waals surface area (Å²) in [6.45, 7) is 4.08. The first-order valence-electron chi connectivity index (χ1n) is 9.63. The lowest BCUT2D eigenvalue weighted by atomic mass is 9.96. The van der Waals surface area contributed by atoms with E-state index in [2.05, 4.69) is 12.2 Å². The second kappa shape index (κ2) is 10.7. The van der Waals surface area contributed by atoms with Crippen molar-refractivity contribution >= 4 is 0 Å². The lowest BCUT2D eigenvalue weighted by Crippen LogP contribution is -2.19. The minimum Gasteiger partial charge on any atom is -0.508 e. The number of rotatable bonds is 11. The molecule has 142 valence electrons. The maximum absolute atomic E-state index is 10.3. The van der Waals surface area contributed by atoms with Crippen LogP contribution in [0.5, 0.6) is 17.2 Å². The molecule has 26 heavy (non-hydrogen) atoms. The number of unbranched alkanes of at least 4 members (excludes halogenated alkanes) is 3. The Morgan fingerprint density at radius 1 is 0.846 bits per heavy atom. The summed E-state index contributed by atoms with van der Waals surface area (Å²) in [6.07, 6.45) is 7.12. The van der Waals surface area contributed by atoms with Crippen molar-refractivity contribution in [3.8, 4) is 17.2 Å². The van der Waals surface area contributed by atoms with Crippen LogP contribution < -0.4 is 5.32 Å². The van der Waals surface area contributed by atoms with Gasteiger partial charge in [0.2, 0.25) is 0 Å². The van der Waals surface area contributed by atoms with Crippen molar-refractivity contribution in [1.82, 2.24) is 5.32 Å². The van der Waals surface area contributed by atoms with Gasteiger partial charge in [0.05, 0.1) is 0 Å². The van der Waals surface area contributed by atoms with Gasteiger partial charge in [-0.2, -0.15) is 0 Å². The minimum atomic E-state index is -0.0767.